The highest BCUT2D eigenvalue weighted by molar-refractivity contribution is 6.14. The summed E-state index contributed by atoms with van der Waals surface area (Å²) >= 11 is 0. The summed E-state index contributed by atoms with van der Waals surface area (Å²) in [6.45, 7) is 0. The zero-order valence-corrected chi connectivity index (χ0v) is 38.2. The Kier molecular flexibility index (Phi) is 10.3. The van der Waals surface area contributed by atoms with Gasteiger partial charge in [0.15, 0.2) is 0 Å². The summed E-state index contributed by atoms with van der Waals surface area (Å²) in [6.07, 6.45) is 3.57. The van der Waals surface area contributed by atoms with Crippen molar-refractivity contribution in [1.82, 2.24) is 14.1 Å². The van der Waals surface area contributed by atoms with Crippen molar-refractivity contribution in [1.29, 1.82) is 26.3 Å². The fourth-order valence-electron chi connectivity index (χ4n) is 10.4. The van der Waals surface area contributed by atoms with Gasteiger partial charge < -0.3 is 9.13 Å². The van der Waals surface area contributed by atoms with Crippen LogP contribution in [-0.2, 0) is 0 Å². The Morgan fingerprint density at radius 1 is 0.306 bits per heavy atom. The summed E-state index contributed by atoms with van der Waals surface area (Å²) in [4.78, 5) is 4.67. The second-order valence-electron chi connectivity index (χ2n) is 17.5. The first-order valence-corrected chi connectivity index (χ1v) is 23.1. The number of hydrogen-bond donors (Lipinski definition) is 0. The molecule has 0 radical (unpaired) electrons. The third-order valence-electron chi connectivity index (χ3n) is 13.7. The van der Waals surface area contributed by atoms with Gasteiger partial charge in [0.25, 0.3) is 0 Å². The topological polar surface area (TPSA) is 142 Å². The molecular weight excluding hydrogens is 881 g/mol. The zero-order valence-electron chi connectivity index (χ0n) is 38.2. The van der Waals surface area contributed by atoms with E-state index >= 15 is 0 Å². The maximum Gasteiger partial charge on any atom is 0.0998 e. The summed E-state index contributed by atoms with van der Waals surface area (Å²) in [6, 6.07) is 75.1. The maximum atomic E-state index is 10.9. The predicted octanol–water partition coefficient (Wildman–Crippen LogP) is 15.0. The third-order valence-corrected chi connectivity index (χ3v) is 13.7. The SMILES string of the molecule is N#Cc1ccccc1-c1ccc2c(c1)c1cc(-c3ccccc3C#N)ccc1n2-c1ccc(C#N)c(-c2cnccc2-n2c3ccc(-c4ccccc4C#N)cc3c3cc(-c4ccccc4C#N)ccc32)c1. The number of nitrogens with zero attached hydrogens (tertiary/aromatic N) is 8. The molecule has 0 saturated heterocycles. The van der Waals surface area contributed by atoms with Crippen molar-refractivity contribution < 1.29 is 0 Å². The molecule has 3 heterocycles. The molecule has 8 heteroatoms. The quantitative estimate of drug-likeness (QED) is 0.156. The molecule has 0 unspecified atom stereocenters. The van der Waals surface area contributed by atoms with Crippen molar-refractivity contribution in [3.05, 3.63) is 234 Å². The molecule has 0 aliphatic heterocycles. The molecule has 0 spiro atoms. The van der Waals surface area contributed by atoms with E-state index in [-0.39, 0.29) is 0 Å². The Labute approximate surface area is 413 Å². The smallest absolute Gasteiger partial charge is 0.0998 e. The van der Waals surface area contributed by atoms with Crippen LogP contribution in [0.25, 0.3) is 111 Å². The van der Waals surface area contributed by atoms with Gasteiger partial charge in [-0.1, -0.05) is 97.1 Å². The summed E-state index contributed by atoms with van der Waals surface area (Å²) in [5, 5.41) is 55.1. The Balaban J connectivity index is 1.09. The molecule has 0 amide bonds. The van der Waals surface area contributed by atoms with E-state index in [9.17, 15) is 26.3 Å². The van der Waals surface area contributed by atoms with Gasteiger partial charge in [0, 0.05) is 50.8 Å². The monoisotopic (exact) mass is 914 g/mol. The molecule has 72 heavy (non-hydrogen) atoms. The van der Waals surface area contributed by atoms with Crippen LogP contribution in [0.2, 0.25) is 0 Å². The van der Waals surface area contributed by atoms with Gasteiger partial charge >= 0.3 is 0 Å². The second-order valence-corrected chi connectivity index (χ2v) is 17.5. The molecule has 0 bridgehead atoms. The molecule has 0 N–H and O–H groups in total. The average Bonchev–Trinajstić information content (AvgIpc) is 3.96. The van der Waals surface area contributed by atoms with Crippen LogP contribution in [0.3, 0.4) is 0 Å². The number of pyridine rings is 1. The average molecular weight is 915 g/mol. The summed E-state index contributed by atoms with van der Waals surface area (Å²) in [5.41, 5.74) is 16.3. The van der Waals surface area contributed by atoms with E-state index in [4.69, 9.17) is 0 Å². The molecular formula is C64H34N8. The van der Waals surface area contributed by atoms with Crippen molar-refractivity contribution >= 4 is 43.6 Å². The standard InChI is InChI=1S/C64H34N8/c65-34-44-9-1-5-13-50(44)40-18-23-60-55(29-40)56-30-41(51-14-6-2-10-45(51)35-66)19-24-61(56)71(60)49-22-17-48(38-69)54(33-49)59-39-70-28-27-64(59)72-62-25-20-42(52-15-7-3-11-46(52)36-67)31-57(62)58-32-43(21-26-63(58)72)53-16-8-4-12-47(53)37-68/h1-33,39H. The van der Waals surface area contributed by atoms with Crippen LogP contribution in [0.5, 0.6) is 0 Å². The Hall–Kier alpha value is -10.8. The van der Waals surface area contributed by atoms with Crippen molar-refractivity contribution in [3.8, 4) is 97.4 Å². The lowest BCUT2D eigenvalue weighted by Crippen LogP contribution is -2.01. The van der Waals surface area contributed by atoms with E-state index in [1.807, 2.05) is 146 Å². The van der Waals surface area contributed by atoms with Gasteiger partial charge in [0.1, 0.15) is 0 Å². The molecule has 12 aromatic rings. The van der Waals surface area contributed by atoms with E-state index in [1.165, 1.54) is 0 Å². The number of benzene rings is 9. The largest absolute Gasteiger partial charge is 0.309 e. The number of aromatic nitrogens is 3. The fourth-order valence-corrected chi connectivity index (χ4v) is 10.4. The lowest BCUT2D eigenvalue weighted by Gasteiger charge is -2.16. The number of rotatable bonds is 7. The minimum Gasteiger partial charge on any atom is -0.309 e. The maximum absolute atomic E-state index is 10.9. The van der Waals surface area contributed by atoms with Gasteiger partial charge in [-0.15, -0.1) is 0 Å². The second kappa shape index (κ2) is 17.4. The highest BCUT2D eigenvalue weighted by Gasteiger charge is 2.22. The lowest BCUT2D eigenvalue weighted by molar-refractivity contribution is 1.15. The summed E-state index contributed by atoms with van der Waals surface area (Å²) < 4.78 is 4.41. The molecule has 3 aromatic heterocycles. The molecule has 0 saturated carbocycles. The van der Waals surface area contributed by atoms with Crippen LogP contribution in [-0.4, -0.2) is 14.1 Å². The minimum absolute atomic E-state index is 0.464. The van der Waals surface area contributed by atoms with Crippen molar-refractivity contribution in [2.75, 3.05) is 0 Å². The molecule has 0 atom stereocenters. The van der Waals surface area contributed by atoms with Crippen LogP contribution >= 0.6 is 0 Å². The van der Waals surface area contributed by atoms with E-state index < -0.39 is 0 Å². The minimum atomic E-state index is 0.464. The number of nitriles is 5. The summed E-state index contributed by atoms with van der Waals surface area (Å²) in [7, 11) is 0. The molecule has 0 fully saturated rings. The first-order chi connectivity index (χ1) is 35.5. The molecule has 0 aliphatic carbocycles. The van der Waals surface area contributed by atoms with Crippen LogP contribution in [0.15, 0.2) is 207 Å². The van der Waals surface area contributed by atoms with Crippen LogP contribution in [0.4, 0.5) is 0 Å². The summed E-state index contributed by atoms with van der Waals surface area (Å²) in [5.74, 6) is 0. The molecule has 8 nitrogen and oxygen atoms in total. The highest BCUT2D eigenvalue weighted by atomic mass is 15.0. The van der Waals surface area contributed by atoms with E-state index in [0.717, 1.165) is 105 Å². The number of hydrogen-bond acceptors (Lipinski definition) is 6. The number of fused-ring (bicyclic) bond motifs is 6. The van der Waals surface area contributed by atoms with Crippen LogP contribution < -0.4 is 0 Å². The van der Waals surface area contributed by atoms with Crippen molar-refractivity contribution in [3.63, 3.8) is 0 Å². The first kappa shape index (κ1) is 42.5. The lowest BCUT2D eigenvalue weighted by atomic mass is 9.96. The van der Waals surface area contributed by atoms with E-state index in [2.05, 4.69) is 99.1 Å². The molecule has 330 valence electrons. The predicted molar refractivity (Wildman–Crippen MR) is 284 cm³/mol. The molecule has 9 aromatic carbocycles. The Bertz CT molecular complexity index is 4250. The van der Waals surface area contributed by atoms with Gasteiger partial charge in [-0.05, 0) is 142 Å². The van der Waals surface area contributed by atoms with Gasteiger partial charge in [-0.3, -0.25) is 4.98 Å². The fraction of sp³-hybridized carbons (Fsp3) is 0. The van der Waals surface area contributed by atoms with Crippen molar-refractivity contribution in [2.24, 2.45) is 0 Å². The van der Waals surface area contributed by atoms with Gasteiger partial charge in [-0.2, -0.15) is 26.3 Å². The molecule has 12 rings (SSSR count). The van der Waals surface area contributed by atoms with Gasteiger partial charge in [-0.25, -0.2) is 0 Å². The highest BCUT2D eigenvalue weighted by Crippen LogP contribution is 2.43. The first-order valence-electron chi connectivity index (χ1n) is 23.1. The van der Waals surface area contributed by atoms with E-state index in [0.29, 0.717) is 33.4 Å². The Morgan fingerprint density at radius 2 is 0.653 bits per heavy atom. The van der Waals surface area contributed by atoms with Crippen LogP contribution in [0, 0.1) is 56.7 Å². The van der Waals surface area contributed by atoms with Crippen LogP contribution in [0.1, 0.15) is 27.8 Å². The third kappa shape index (κ3) is 6.84. The van der Waals surface area contributed by atoms with Gasteiger partial charge in [0.05, 0.1) is 85.9 Å². The normalized spacial score (nSPS) is 11.0. The Morgan fingerprint density at radius 3 is 1.03 bits per heavy atom. The zero-order chi connectivity index (χ0) is 48.9. The molecule has 0 aliphatic rings. The van der Waals surface area contributed by atoms with Crippen molar-refractivity contribution in [2.45, 2.75) is 0 Å². The van der Waals surface area contributed by atoms with Gasteiger partial charge in [0.2, 0.25) is 0 Å². The van der Waals surface area contributed by atoms with E-state index in [1.54, 1.807) is 6.20 Å².